The van der Waals surface area contributed by atoms with Crippen molar-refractivity contribution in [1.29, 1.82) is 0 Å². The van der Waals surface area contributed by atoms with Crippen LogP contribution >= 0.6 is 0 Å². The minimum atomic E-state index is 0.315. The van der Waals surface area contributed by atoms with Crippen molar-refractivity contribution in [3.8, 4) is 33.4 Å². The van der Waals surface area contributed by atoms with Crippen molar-refractivity contribution in [3.05, 3.63) is 229 Å². The molecule has 9 aromatic carbocycles. The molecule has 0 fully saturated rings. The second-order valence-electron chi connectivity index (χ2n) is 15.3. The third-order valence-electron chi connectivity index (χ3n) is 11.8. The highest BCUT2D eigenvalue weighted by atomic mass is 16.3. The van der Waals surface area contributed by atoms with Crippen LogP contribution in [0.4, 0.5) is 17.1 Å². The number of benzene rings is 9. The van der Waals surface area contributed by atoms with Crippen LogP contribution in [-0.4, -0.2) is 0 Å². The standard InChI is InChI=1S/C56H39NO/c1-2-10-38(11-3-1)40-26-31-47(32-27-40)57(49-15-8-14-46(36-49)51-18-9-13-43-12-4-5-16-50(43)51)48-33-28-41(29-34-48)39-20-22-42(23-21-39)45-25-24-44-30-35-55-56(53(44)37-45)52-17-6-7-19-54(52)58-55/h1-17,19-37,51H,18H2. The molecular formula is C56H39NO. The van der Waals surface area contributed by atoms with Crippen molar-refractivity contribution in [2.45, 2.75) is 12.3 Å². The monoisotopic (exact) mass is 741 g/mol. The summed E-state index contributed by atoms with van der Waals surface area (Å²) in [5, 5.41) is 4.76. The minimum Gasteiger partial charge on any atom is -0.456 e. The summed E-state index contributed by atoms with van der Waals surface area (Å²) in [5.74, 6) is 0.315. The van der Waals surface area contributed by atoms with E-state index < -0.39 is 0 Å². The summed E-state index contributed by atoms with van der Waals surface area (Å²) in [6.45, 7) is 0. The maximum absolute atomic E-state index is 6.20. The Morgan fingerprint density at radius 3 is 1.78 bits per heavy atom. The molecule has 2 heteroatoms. The van der Waals surface area contributed by atoms with Gasteiger partial charge in [-0.2, -0.15) is 0 Å². The molecular weight excluding hydrogens is 703 g/mol. The Hall–Kier alpha value is -7.42. The Kier molecular flexibility index (Phi) is 8.33. The molecule has 0 N–H and O–H groups in total. The number of hydrogen-bond donors (Lipinski definition) is 0. The fraction of sp³-hybridized carbons (Fsp3) is 0.0357. The highest BCUT2D eigenvalue weighted by Gasteiger charge is 2.21. The molecule has 0 amide bonds. The van der Waals surface area contributed by atoms with E-state index in [2.05, 4.69) is 211 Å². The first kappa shape index (κ1) is 33.9. The van der Waals surface area contributed by atoms with Crippen LogP contribution in [-0.2, 0) is 0 Å². The van der Waals surface area contributed by atoms with E-state index in [4.69, 9.17) is 4.42 Å². The molecule has 274 valence electrons. The zero-order valence-corrected chi connectivity index (χ0v) is 31.9. The second kappa shape index (κ2) is 14.3. The highest BCUT2D eigenvalue weighted by molar-refractivity contribution is 6.19. The van der Waals surface area contributed by atoms with Crippen LogP contribution in [0.2, 0.25) is 0 Å². The van der Waals surface area contributed by atoms with E-state index >= 15 is 0 Å². The first-order chi connectivity index (χ1) is 28.7. The smallest absolute Gasteiger partial charge is 0.136 e. The minimum absolute atomic E-state index is 0.315. The first-order valence-corrected chi connectivity index (χ1v) is 20.1. The molecule has 0 bridgehead atoms. The Balaban J connectivity index is 0.928. The lowest BCUT2D eigenvalue weighted by atomic mass is 9.82. The summed E-state index contributed by atoms with van der Waals surface area (Å²) >= 11 is 0. The predicted molar refractivity (Wildman–Crippen MR) is 244 cm³/mol. The van der Waals surface area contributed by atoms with Crippen LogP contribution < -0.4 is 4.90 Å². The SMILES string of the molecule is C1=Cc2ccccc2C(c2cccc(N(c3ccc(-c4ccccc4)cc3)c3ccc(-c4ccc(-c5ccc6ccc7oc8ccccc8c7c6c5)cc4)cc3)c2)C1. The molecule has 2 nitrogen and oxygen atoms in total. The van der Waals surface area contributed by atoms with Gasteiger partial charge in [0, 0.05) is 33.8 Å². The van der Waals surface area contributed by atoms with Crippen LogP contribution in [0.15, 0.2) is 217 Å². The van der Waals surface area contributed by atoms with Gasteiger partial charge in [0.05, 0.1) is 0 Å². The van der Waals surface area contributed by atoms with Crippen molar-refractivity contribution in [2.75, 3.05) is 4.90 Å². The second-order valence-corrected chi connectivity index (χ2v) is 15.3. The summed E-state index contributed by atoms with van der Waals surface area (Å²) in [4.78, 5) is 2.38. The number of allylic oxidation sites excluding steroid dienone is 1. The van der Waals surface area contributed by atoms with Gasteiger partial charge < -0.3 is 9.32 Å². The average molecular weight is 742 g/mol. The largest absolute Gasteiger partial charge is 0.456 e. The fourth-order valence-corrected chi connectivity index (χ4v) is 8.90. The van der Waals surface area contributed by atoms with E-state index in [1.54, 1.807) is 0 Å². The zero-order chi connectivity index (χ0) is 38.4. The quantitative estimate of drug-likeness (QED) is 0.162. The number of para-hydroxylation sites is 1. The summed E-state index contributed by atoms with van der Waals surface area (Å²) in [6, 6.07) is 74.7. The Bertz CT molecular complexity index is 3120. The van der Waals surface area contributed by atoms with Gasteiger partial charge in [-0.15, -0.1) is 0 Å². The molecule has 0 saturated heterocycles. The molecule has 0 radical (unpaired) electrons. The lowest BCUT2D eigenvalue weighted by Gasteiger charge is -2.28. The van der Waals surface area contributed by atoms with Gasteiger partial charge in [-0.1, -0.05) is 164 Å². The maximum atomic E-state index is 6.20. The molecule has 10 aromatic rings. The molecule has 1 aliphatic rings. The van der Waals surface area contributed by atoms with Crippen LogP contribution in [0.3, 0.4) is 0 Å². The number of rotatable bonds is 7. The van der Waals surface area contributed by atoms with Gasteiger partial charge in [0.25, 0.3) is 0 Å². The molecule has 1 atom stereocenters. The topological polar surface area (TPSA) is 16.4 Å². The van der Waals surface area contributed by atoms with E-state index in [1.807, 2.05) is 12.1 Å². The third kappa shape index (κ3) is 6.07. The Morgan fingerprint density at radius 1 is 0.414 bits per heavy atom. The number of furan rings is 1. The van der Waals surface area contributed by atoms with Gasteiger partial charge in [-0.05, 0) is 122 Å². The molecule has 58 heavy (non-hydrogen) atoms. The maximum Gasteiger partial charge on any atom is 0.136 e. The van der Waals surface area contributed by atoms with Gasteiger partial charge >= 0.3 is 0 Å². The molecule has 1 heterocycles. The Morgan fingerprint density at radius 2 is 1.02 bits per heavy atom. The van der Waals surface area contributed by atoms with Gasteiger partial charge in [0.2, 0.25) is 0 Å². The molecule has 0 saturated carbocycles. The molecule has 1 aromatic heterocycles. The summed E-state index contributed by atoms with van der Waals surface area (Å²) in [6.07, 6.45) is 5.56. The molecule has 11 rings (SSSR count). The summed E-state index contributed by atoms with van der Waals surface area (Å²) in [7, 11) is 0. The fourth-order valence-electron chi connectivity index (χ4n) is 8.90. The average Bonchev–Trinajstić information content (AvgIpc) is 3.69. The lowest BCUT2D eigenvalue weighted by Crippen LogP contribution is -2.11. The van der Waals surface area contributed by atoms with Crippen molar-refractivity contribution < 1.29 is 4.42 Å². The van der Waals surface area contributed by atoms with Gasteiger partial charge in [-0.25, -0.2) is 0 Å². The summed E-state index contributed by atoms with van der Waals surface area (Å²) in [5.41, 5.74) is 16.4. The highest BCUT2D eigenvalue weighted by Crippen LogP contribution is 2.42. The molecule has 0 aliphatic heterocycles. The van der Waals surface area contributed by atoms with E-state index in [-0.39, 0.29) is 0 Å². The van der Waals surface area contributed by atoms with Gasteiger partial charge in [0.1, 0.15) is 11.2 Å². The normalized spacial score (nSPS) is 13.6. The van der Waals surface area contributed by atoms with Crippen molar-refractivity contribution >= 4 is 55.8 Å². The van der Waals surface area contributed by atoms with E-state index in [0.29, 0.717) is 5.92 Å². The van der Waals surface area contributed by atoms with Gasteiger partial charge in [-0.3, -0.25) is 0 Å². The van der Waals surface area contributed by atoms with Crippen molar-refractivity contribution in [1.82, 2.24) is 0 Å². The number of hydrogen-bond acceptors (Lipinski definition) is 2. The molecule has 1 aliphatic carbocycles. The van der Waals surface area contributed by atoms with Crippen LogP contribution in [0.25, 0.3) is 72.2 Å². The Labute approximate surface area is 338 Å². The van der Waals surface area contributed by atoms with E-state index in [1.165, 1.54) is 66.2 Å². The molecule has 1 unspecified atom stereocenters. The number of fused-ring (bicyclic) bond motifs is 6. The predicted octanol–water partition coefficient (Wildman–Crippen LogP) is 15.8. The van der Waals surface area contributed by atoms with Gasteiger partial charge in [0.15, 0.2) is 0 Å². The summed E-state index contributed by atoms with van der Waals surface area (Å²) < 4.78 is 6.20. The lowest BCUT2D eigenvalue weighted by molar-refractivity contribution is 0.669. The number of anilines is 3. The number of nitrogens with zero attached hydrogens (tertiary/aromatic N) is 1. The van der Waals surface area contributed by atoms with E-state index in [0.717, 1.165) is 40.0 Å². The first-order valence-electron chi connectivity index (χ1n) is 20.1. The van der Waals surface area contributed by atoms with Crippen LogP contribution in [0.1, 0.15) is 29.0 Å². The van der Waals surface area contributed by atoms with E-state index in [9.17, 15) is 0 Å². The molecule has 0 spiro atoms. The zero-order valence-electron chi connectivity index (χ0n) is 31.9. The van der Waals surface area contributed by atoms with Crippen molar-refractivity contribution in [2.24, 2.45) is 0 Å². The van der Waals surface area contributed by atoms with Crippen LogP contribution in [0, 0.1) is 0 Å². The third-order valence-corrected chi connectivity index (χ3v) is 11.8. The van der Waals surface area contributed by atoms with Crippen LogP contribution in [0.5, 0.6) is 0 Å². The van der Waals surface area contributed by atoms with Crippen molar-refractivity contribution in [3.63, 3.8) is 0 Å².